The SMILES string of the molecule is CCc1cc(Oc2ccc(C(C)NC)cn2)ccc1Cl. The fourth-order valence-electron chi connectivity index (χ4n) is 1.88. The van der Waals surface area contributed by atoms with Crippen LogP contribution < -0.4 is 10.1 Å². The topological polar surface area (TPSA) is 34.1 Å². The van der Waals surface area contributed by atoms with Crippen LogP contribution in [0.15, 0.2) is 36.5 Å². The van der Waals surface area contributed by atoms with Crippen LogP contribution in [-0.2, 0) is 6.42 Å². The Bertz CT molecular complexity index is 569. The molecule has 0 bridgehead atoms. The van der Waals surface area contributed by atoms with Crippen molar-refractivity contribution in [2.75, 3.05) is 7.05 Å². The van der Waals surface area contributed by atoms with Gasteiger partial charge >= 0.3 is 0 Å². The molecule has 0 saturated heterocycles. The Labute approximate surface area is 124 Å². The molecule has 1 heterocycles. The minimum Gasteiger partial charge on any atom is -0.439 e. The largest absolute Gasteiger partial charge is 0.439 e. The van der Waals surface area contributed by atoms with Crippen molar-refractivity contribution >= 4 is 11.6 Å². The number of hydrogen-bond donors (Lipinski definition) is 1. The fraction of sp³-hybridized carbons (Fsp3) is 0.312. The molecule has 3 nitrogen and oxygen atoms in total. The summed E-state index contributed by atoms with van der Waals surface area (Å²) in [7, 11) is 1.93. The monoisotopic (exact) mass is 290 g/mol. The lowest BCUT2D eigenvalue weighted by molar-refractivity contribution is 0.461. The first kappa shape index (κ1) is 14.8. The maximum Gasteiger partial charge on any atom is 0.219 e. The lowest BCUT2D eigenvalue weighted by atomic mass is 10.1. The zero-order chi connectivity index (χ0) is 14.5. The molecule has 0 fully saturated rings. The van der Waals surface area contributed by atoms with Crippen LogP contribution in [0.25, 0.3) is 0 Å². The summed E-state index contributed by atoms with van der Waals surface area (Å²) in [6.07, 6.45) is 2.70. The minimum absolute atomic E-state index is 0.277. The summed E-state index contributed by atoms with van der Waals surface area (Å²) in [5.41, 5.74) is 2.20. The maximum absolute atomic E-state index is 6.09. The molecular weight excluding hydrogens is 272 g/mol. The van der Waals surface area contributed by atoms with Crippen LogP contribution in [0.2, 0.25) is 5.02 Å². The average Bonchev–Trinajstić information content (AvgIpc) is 2.49. The van der Waals surface area contributed by atoms with Crippen LogP contribution >= 0.6 is 11.6 Å². The van der Waals surface area contributed by atoms with E-state index in [9.17, 15) is 0 Å². The Morgan fingerprint density at radius 1 is 1.30 bits per heavy atom. The average molecular weight is 291 g/mol. The van der Waals surface area contributed by atoms with E-state index in [1.54, 1.807) is 0 Å². The van der Waals surface area contributed by atoms with Gasteiger partial charge in [-0.15, -0.1) is 0 Å². The number of benzene rings is 1. The maximum atomic E-state index is 6.09. The lowest BCUT2D eigenvalue weighted by Crippen LogP contribution is -2.12. The highest BCUT2D eigenvalue weighted by Gasteiger charge is 2.05. The van der Waals surface area contributed by atoms with Gasteiger partial charge in [-0.2, -0.15) is 0 Å². The Morgan fingerprint density at radius 2 is 2.10 bits per heavy atom. The molecule has 4 heteroatoms. The van der Waals surface area contributed by atoms with Crippen molar-refractivity contribution in [3.8, 4) is 11.6 Å². The second-order valence-electron chi connectivity index (χ2n) is 4.65. The van der Waals surface area contributed by atoms with Gasteiger partial charge in [-0.05, 0) is 49.7 Å². The third-order valence-electron chi connectivity index (χ3n) is 3.31. The van der Waals surface area contributed by atoms with Crippen LogP contribution in [-0.4, -0.2) is 12.0 Å². The van der Waals surface area contributed by atoms with Crippen LogP contribution in [0, 0.1) is 0 Å². The summed E-state index contributed by atoms with van der Waals surface area (Å²) in [6, 6.07) is 9.83. The van der Waals surface area contributed by atoms with E-state index < -0.39 is 0 Å². The summed E-state index contributed by atoms with van der Waals surface area (Å²) < 4.78 is 5.75. The molecule has 0 spiro atoms. The molecule has 0 aliphatic carbocycles. The van der Waals surface area contributed by atoms with Crippen LogP contribution in [0.4, 0.5) is 0 Å². The molecule has 0 saturated carbocycles. The van der Waals surface area contributed by atoms with E-state index in [4.69, 9.17) is 16.3 Å². The number of ether oxygens (including phenoxy) is 1. The summed E-state index contributed by atoms with van der Waals surface area (Å²) in [4.78, 5) is 4.33. The van der Waals surface area contributed by atoms with Gasteiger partial charge in [-0.25, -0.2) is 4.98 Å². The summed E-state index contributed by atoms with van der Waals surface area (Å²) in [5, 5.41) is 3.95. The first-order valence-electron chi connectivity index (χ1n) is 6.73. The predicted molar refractivity (Wildman–Crippen MR) is 82.6 cm³/mol. The summed E-state index contributed by atoms with van der Waals surface area (Å²) in [6.45, 7) is 4.15. The third kappa shape index (κ3) is 3.50. The van der Waals surface area contributed by atoms with Crippen molar-refractivity contribution in [2.45, 2.75) is 26.3 Å². The highest BCUT2D eigenvalue weighted by Crippen LogP contribution is 2.26. The molecule has 1 aromatic carbocycles. The highest BCUT2D eigenvalue weighted by atomic mass is 35.5. The number of aryl methyl sites for hydroxylation is 1. The van der Waals surface area contributed by atoms with Crippen LogP contribution in [0.5, 0.6) is 11.6 Å². The van der Waals surface area contributed by atoms with Crippen molar-refractivity contribution in [1.82, 2.24) is 10.3 Å². The van der Waals surface area contributed by atoms with Crippen molar-refractivity contribution < 1.29 is 4.74 Å². The molecule has 0 aliphatic rings. The van der Waals surface area contributed by atoms with Gasteiger partial charge in [0, 0.05) is 23.3 Å². The van der Waals surface area contributed by atoms with Crippen LogP contribution in [0.1, 0.15) is 31.0 Å². The predicted octanol–water partition coefficient (Wildman–Crippen LogP) is 4.37. The molecular formula is C16H19ClN2O. The lowest BCUT2D eigenvalue weighted by Gasteiger charge is -2.11. The molecule has 1 aromatic heterocycles. The second-order valence-corrected chi connectivity index (χ2v) is 5.06. The minimum atomic E-state index is 0.277. The highest BCUT2D eigenvalue weighted by molar-refractivity contribution is 6.31. The number of aromatic nitrogens is 1. The first-order valence-corrected chi connectivity index (χ1v) is 7.11. The Morgan fingerprint density at radius 3 is 2.70 bits per heavy atom. The Balaban J connectivity index is 2.14. The second kappa shape index (κ2) is 6.73. The molecule has 1 atom stereocenters. The van der Waals surface area contributed by atoms with Gasteiger partial charge in [0.1, 0.15) is 5.75 Å². The number of hydrogen-bond acceptors (Lipinski definition) is 3. The molecule has 0 amide bonds. The Kier molecular flexibility index (Phi) is 4.99. The molecule has 2 aromatic rings. The quantitative estimate of drug-likeness (QED) is 0.888. The van der Waals surface area contributed by atoms with Gasteiger partial charge in [0.05, 0.1) is 0 Å². The van der Waals surface area contributed by atoms with E-state index in [1.807, 2.05) is 43.6 Å². The van der Waals surface area contributed by atoms with E-state index in [0.717, 1.165) is 28.3 Å². The number of rotatable bonds is 5. The van der Waals surface area contributed by atoms with E-state index in [0.29, 0.717) is 5.88 Å². The van der Waals surface area contributed by atoms with E-state index in [-0.39, 0.29) is 6.04 Å². The molecule has 0 aliphatic heterocycles. The van der Waals surface area contributed by atoms with Gasteiger partial charge < -0.3 is 10.1 Å². The van der Waals surface area contributed by atoms with E-state index in [2.05, 4.69) is 24.1 Å². The zero-order valence-electron chi connectivity index (χ0n) is 12.0. The number of halogens is 1. The van der Waals surface area contributed by atoms with E-state index in [1.165, 1.54) is 0 Å². The van der Waals surface area contributed by atoms with Crippen LogP contribution in [0.3, 0.4) is 0 Å². The number of nitrogens with one attached hydrogen (secondary N) is 1. The Hall–Kier alpha value is -1.58. The van der Waals surface area contributed by atoms with Crippen molar-refractivity contribution in [3.05, 3.63) is 52.7 Å². The zero-order valence-corrected chi connectivity index (χ0v) is 12.7. The molecule has 1 N–H and O–H groups in total. The standard InChI is InChI=1S/C16H19ClN2O/c1-4-12-9-14(6-7-15(12)17)20-16-8-5-13(10-19-16)11(2)18-3/h5-11,18H,4H2,1-3H3. The van der Waals surface area contributed by atoms with Gasteiger partial charge in [-0.3, -0.25) is 0 Å². The molecule has 0 radical (unpaired) electrons. The molecule has 106 valence electrons. The first-order chi connectivity index (χ1) is 9.63. The molecule has 2 rings (SSSR count). The van der Waals surface area contributed by atoms with Crippen molar-refractivity contribution in [1.29, 1.82) is 0 Å². The number of pyridine rings is 1. The third-order valence-corrected chi connectivity index (χ3v) is 3.68. The summed E-state index contributed by atoms with van der Waals surface area (Å²) in [5.74, 6) is 1.34. The number of nitrogens with zero attached hydrogens (tertiary/aromatic N) is 1. The van der Waals surface area contributed by atoms with Crippen molar-refractivity contribution in [2.24, 2.45) is 0 Å². The van der Waals surface area contributed by atoms with E-state index >= 15 is 0 Å². The van der Waals surface area contributed by atoms with Crippen molar-refractivity contribution in [3.63, 3.8) is 0 Å². The smallest absolute Gasteiger partial charge is 0.219 e. The van der Waals surface area contributed by atoms with Gasteiger partial charge in [0.15, 0.2) is 0 Å². The molecule has 20 heavy (non-hydrogen) atoms. The fourth-order valence-corrected chi connectivity index (χ4v) is 2.13. The van der Waals surface area contributed by atoms with Gasteiger partial charge in [0.25, 0.3) is 0 Å². The summed E-state index contributed by atoms with van der Waals surface area (Å²) >= 11 is 6.09. The molecule has 1 unspecified atom stereocenters. The van der Waals surface area contributed by atoms with Gasteiger partial charge in [-0.1, -0.05) is 24.6 Å². The normalized spacial score (nSPS) is 12.2. The van der Waals surface area contributed by atoms with Gasteiger partial charge in [0.2, 0.25) is 5.88 Å².